The number of anilines is 1. The van der Waals surface area contributed by atoms with E-state index in [2.05, 4.69) is 22.2 Å². The van der Waals surface area contributed by atoms with E-state index in [4.69, 9.17) is 0 Å². The molecule has 0 saturated heterocycles. The van der Waals surface area contributed by atoms with Crippen LogP contribution in [-0.2, 0) is 6.42 Å². The molecule has 0 radical (unpaired) electrons. The third-order valence-corrected chi connectivity index (χ3v) is 4.08. The highest BCUT2D eigenvalue weighted by Gasteiger charge is 2.22. The lowest BCUT2D eigenvalue weighted by atomic mass is 9.83. The molecule has 19 heavy (non-hydrogen) atoms. The van der Waals surface area contributed by atoms with Crippen molar-refractivity contribution in [1.82, 2.24) is 9.97 Å². The standard InChI is InChI=1S/C15H24FN3/c1-3-5-11-6-8-12(9-7-11)19-15-14(16)13(4-2)17-10-18-15/h10-12H,3-9H2,1-2H3,(H,17,18,19). The monoisotopic (exact) mass is 265 g/mol. The van der Waals surface area contributed by atoms with Crippen molar-refractivity contribution >= 4 is 5.82 Å². The van der Waals surface area contributed by atoms with E-state index in [-0.39, 0.29) is 5.82 Å². The van der Waals surface area contributed by atoms with Crippen molar-refractivity contribution in [2.45, 2.75) is 64.8 Å². The van der Waals surface area contributed by atoms with Crippen LogP contribution in [-0.4, -0.2) is 16.0 Å². The van der Waals surface area contributed by atoms with Crippen molar-refractivity contribution in [3.05, 3.63) is 17.8 Å². The molecule has 0 amide bonds. The van der Waals surface area contributed by atoms with E-state index in [1.165, 1.54) is 32.0 Å². The minimum absolute atomic E-state index is 0.277. The maximum Gasteiger partial charge on any atom is 0.186 e. The van der Waals surface area contributed by atoms with Gasteiger partial charge in [0.2, 0.25) is 0 Å². The zero-order chi connectivity index (χ0) is 13.7. The Labute approximate surface area is 115 Å². The third kappa shape index (κ3) is 3.64. The first-order valence-electron chi connectivity index (χ1n) is 7.50. The normalized spacial score (nSPS) is 23.3. The van der Waals surface area contributed by atoms with E-state index in [1.807, 2.05) is 6.92 Å². The quantitative estimate of drug-likeness (QED) is 0.876. The molecule has 0 bridgehead atoms. The number of hydrogen-bond donors (Lipinski definition) is 1. The molecule has 1 fully saturated rings. The van der Waals surface area contributed by atoms with Gasteiger partial charge in [0.25, 0.3) is 0 Å². The van der Waals surface area contributed by atoms with Gasteiger partial charge in [-0.15, -0.1) is 0 Å². The molecular weight excluding hydrogens is 241 g/mol. The molecule has 1 heterocycles. The van der Waals surface area contributed by atoms with Gasteiger partial charge in [-0.25, -0.2) is 14.4 Å². The number of rotatable bonds is 5. The summed E-state index contributed by atoms with van der Waals surface area (Å²) in [5, 5.41) is 3.26. The van der Waals surface area contributed by atoms with Gasteiger partial charge in [0.05, 0.1) is 5.69 Å². The van der Waals surface area contributed by atoms with E-state index in [0.29, 0.717) is 24.0 Å². The maximum atomic E-state index is 14.0. The Morgan fingerprint density at radius 1 is 1.21 bits per heavy atom. The first kappa shape index (κ1) is 14.2. The van der Waals surface area contributed by atoms with Gasteiger partial charge in [0, 0.05) is 6.04 Å². The van der Waals surface area contributed by atoms with Crippen LogP contribution in [0.15, 0.2) is 6.33 Å². The summed E-state index contributed by atoms with van der Waals surface area (Å²) in [6.45, 7) is 4.15. The number of nitrogens with one attached hydrogen (secondary N) is 1. The van der Waals surface area contributed by atoms with Crippen molar-refractivity contribution in [3.8, 4) is 0 Å². The van der Waals surface area contributed by atoms with Crippen LogP contribution in [0.2, 0.25) is 0 Å². The van der Waals surface area contributed by atoms with Gasteiger partial charge < -0.3 is 5.32 Å². The molecule has 0 aromatic carbocycles. The molecule has 1 N–H and O–H groups in total. The molecule has 0 spiro atoms. The number of aromatic nitrogens is 2. The summed E-state index contributed by atoms with van der Waals surface area (Å²) in [6.07, 6.45) is 9.39. The predicted octanol–water partition coefficient (Wildman–Crippen LogP) is 3.95. The second kappa shape index (κ2) is 6.83. The van der Waals surface area contributed by atoms with Crippen molar-refractivity contribution in [3.63, 3.8) is 0 Å². The van der Waals surface area contributed by atoms with Gasteiger partial charge in [-0.05, 0) is 38.0 Å². The van der Waals surface area contributed by atoms with Gasteiger partial charge >= 0.3 is 0 Å². The SMILES string of the molecule is CCCC1CCC(Nc2ncnc(CC)c2F)CC1. The molecule has 0 unspecified atom stereocenters. The molecule has 1 aliphatic rings. The van der Waals surface area contributed by atoms with Gasteiger partial charge in [-0.2, -0.15) is 0 Å². The number of nitrogens with zero attached hydrogens (tertiary/aromatic N) is 2. The fraction of sp³-hybridized carbons (Fsp3) is 0.733. The molecule has 1 aliphatic carbocycles. The Morgan fingerprint density at radius 2 is 1.95 bits per heavy atom. The largest absolute Gasteiger partial charge is 0.365 e. The summed E-state index contributed by atoms with van der Waals surface area (Å²) in [5.74, 6) is 0.968. The van der Waals surface area contributed by atoms with Gasteiger partial charge in [0.15, 0.2) is 11.6 Å². The number of halogens is 1. The van der Waals surface area contributed by atoms with E-state index in [9.17, 15) is 4.39 Å². The van der Waals surface area contributed by atoms with Gasteiger partial charge in [0.1, 0.15) is 6.33 Å². The predicted molar refractivity (Wildman–Crippen MR) is 75.6 cm³/mol. The molecule has 0 aliphatic heterocycles. The molecule has 106 valence electrons. The second-order valence-corrected chi connectivity index (χ2v) is 5.49. The van der Waals surface area contributed by atoms with E-state index in [0.717, 1.165) is 18.8 Å². The molecule has 0 atom stereocenters. The van der Waals surface area contributed by atoms with Crippen LogP contribution in [0.3, 0.4) is 0 Å². The van der Waals surface area contributed by atoms with Crippen LogP contribution in [0.25, 0.3) is 0 Å². The van der Waals surface area contributed by atoms with Crippen molar-refractivity contribution in [1.29, 1.82) is 0 Å². The fourth-order valence-electron chi connectivity index (χ4n) is 2.95. The Hall–Kier alpha value is -1.19. The average Bonchev–Trinajstić information content (AvgIpc) is 2.43. The summed E-state index contributed by atoms with van der Waals surface area (Å²) < 4.78 is 14.0. The van der Waals surface area contributed by atoms with E-state index in [1.54, 1.807) is 0 Å². The molecule has 1 saturated carbocycles. The van der Waals surface area contributed by atoms with Gasteiger partial charge in [-0.1, -0.05) is 26.7 Å². The van der Waals surface area contributed by atoms with Crippen molar-refractivity contribution in [2.75, 3.05) is 5.32 Å². The first-order chi connectivity index (χ1) is 9.24. The lowest BCUT2D eigenvalue weighted by molar-refractivity contribution is 0.318. The molecule has 1 aromatic rings. The maximum absolute atomic E-state index is 14.0. The first-order valence-corrected chi connectivity index (χ1v) is 7.50. The minimum atomic E-state index is -0.277. The lowest BCUT2D eigenvalue weighted by Gasteiger charge is -2.29. The Bertz CT molecular complexity index is 400. The van der Waals surface area contributed by atoms with Gasteiger partial charge in [-0.3, -0.25) is 0 Å². The van der Waals surface area contributed by atoms with Crippen molar-refractivity contribution < 1.29 is 4.39 Å². The summed E-state index contributed by atoms with van der Waals surface area (Å²) in [4.78, 5) is 8.00. The molecule has 2 rings (SSSR count). The molecule has 3 nitrogen and oxygen atoms in total. The lowest BCUT2D eigenvalue weighted by Crippen LogP contribution is -2.27. The Kier molecular flexibility index (Phi) is 5.11. The molecule has 4 heteroatoms. The highest BCUT2D eigenvalue weighted by molar-refractivity contribution is 5.38. The highest BCUT2D eigenvalue weighted by Crippen LogP contribution is 2.29. The molecular formula is C15H24FN3. The smallest absolute Gasteiger partial charge is 0.186 e. The van der Waals surface area contributed by atoms with Crippen LogP contribution in [0.1, 0.15) is 58.1 Å². The van der Waals surface area contributed by atoms with Crippen LogP contribution in [0.5, 0.6) is 0 Å². The molecule has 1 aromatic heterocycles. The number of hydrogen-bond acceptors (Lipinski definition) is 3. The van der Waals surface area contributed by atoms with Crippen LogP contribution in [0, 0.1) is 11.7 Å². The Balaban J connectivity index is 1.92. The van der Waals surface area contributed by atoms with Crippen molar-refractivity contribution in [2.24, 2.45) is 5.92 Å². The summed E-state index contributed by atoms with van der Waals surface area (Å²) in [7, 11) is 0. The van der Waals surface area contributed by atoms with Crippen LogP contribution < -0.4 is 5.32 Å². The minimum Gasteiger partial charge on any atom is -0.365 e. The fourth-order valence-corrected chi connectivity index (χ4v) is 2.95. The van der Waals surface area contributed by atoms with E-state index >= 15 is 0 Å². The zero-order valence-electron chi connectivity index (χ0n) is 12.0. The Morgan fingerprint density at radius 3 is 2.58 bits per heavy atom. The summed E-state index contributed by atoms with van der Waals surface area (Å²) in [5.41, 5.74) is 0.497. The van der Waals surface area contributed by atoms with Crippen LogP contribution >= 0.6 is 0 Å². The summed E-state index contributed by atoms with van der Waals surface area (Å²) >= 11 is 0. The topological polar surface area (TPSA) is 37.8 Å². The third-order valence-electron chi connectivity index (χ3n) is 4.08. The average molecular weight is 265 g/mol. The highest BCUT2D eigenvalue weighted by atomic mass is 19.1. The van der Waals surface area contributed by atoms with E-state index < -0.39 is 0 Å². The van der Waals surface area contributed by atoms with Crippen LogP contribution in [0.4, 0.5) is 10.2 Å². The number of aryl methyl sites for hydroxylation is 1. The zero-order valence-corrected chi connectivity index (χ0v) is 12.0. The second-order valence-electron chi connectivity index (χ2n) is 5.49. The summed E-state index contributed by atoms with van der Waals surface area (Å²) in [6, 6.07) is 0.363.